The van der Waals surface area contributed by atoms with Gasteiger partial charge >= 0.3 is 7.82 Å². The summed E-state index contributed by atoms with van der Waals surface area (Å²) in [5.74, 6) is -0.187. The van der Waals surface area contributed by atoms with E-state index in [1.165, 1.54) is 23.3 Å². The molecule has 2 N–H and O–H groups in total. The van der Waals surface area contributed by atoms with E-state index in [1.54, 1.807) is 36.8 Å². The number of ether oxygens (including phenoxy) is 3. The predicted octanol–water partition coefficient (Wildman–Crippen LogP) is 6.47. The highest BCUT2D eigenvalue weighted by Gasteiger charge is 2.42. The Kier molecular flexibility index (Phi) is 10.2. The highest BCUT2D eigenvalue weighted by atomic mass is 35.5. The second-order valence-electron chi connectivity index (χ2n) is 11.3. The summed E-state index contributed by atoms with van der Waals surface area (Å²) in [5.41, 5.74) is 4.16. The quantitative estimate of drug-likeness (QED) is 0.171. The largest absolute Gasteiger partial charge is 0.524 e. The second-order valence-corrected chi connectivity index (χ2v) is 13.3. The Morgan fingerprint density at radius 2 is 1.89 bits per heavy atom. The van der Waals surface area contributed by atoms with Gasteiger partial charge in [0.05, 0.1) is 30.6 Å². The van der Waals surface area contributed by atoms with Crippen LogP contribution in [-0.4, -0.2) is 56.6 Å². The summed E-state index contributed by atoms with van der Waals surface area (Å²) in [4.78, 5) is 24.4. The van der Waals surface area contributed by atoms with E-state index in [-0.39, 0.29) is 11.9 Å². The Balaban J connectivity index is 1.04. The lowest BCUT2D eigenvalue weighted by atomic mass is 9.99. The summed E-state index contributed by atoms with van der Waals surface area (Å²) in [6.07, 6.45) is 10.7. The fourth-order valence-electron chi connectivity index (χ4n) is 5.70. The maximum absolute atomic E-state index is 11.0. The normalized spacial score (nSPS) is 20.5. The van der Waals surface area contributed by atoms with Crippen molar-refractivity contribution in [2.24, 2.45) is 0 Å². The Hall–Kier alpha value is -3.18. The van der Waals surface area contributed by atoms with E-state index in [2.05, 4.69) is 32.6 Å². The van der Waals surface area contributed by atoms with Crippen LogP contribution in [0.3, 0.4) is 0 Å². The van der Waals surface area contributed by atoms with Crippen LogP contribution in [0.2, 0.25) is 10.0 Å². The number of hydrogen-bond donors (Lipinski definition) is 2. The lowest BCUT2D eigenvalue weighted by Crippen LogP contribution is -2.47. The number of halogens is 2. The zero-order chi connectivity index (χ0) is 32.1. The van der Waals surface area contributed by atoms with E-state index in [0.29, 0.717) is 41.8 Å². The van der Waals surface area contributed by atoms with Crippen molar-refractivity contribution in [3.05, 3.63) is 118 Å². The topological polar surface area (TPSA) is 116 Å². The Morgan fingerprint density at radius 1 is 1.07 bits per heavy atom. The lowest BCUT2D eigenvalue weighted by molar-refractivity contribution is -0.312. The molecule has 0 bridgehead atoms. The van der Waals surface area contributed by atoms with E-state index in [0.717, 1.165) is 37.4 Å². The Bertz CT molecular complexity index is 1710. The fourth-order valence-corrected chi connectivity index (χ4v) is 6.65. The molecule has 0 unspecified atom stereocenters. The number of nitrogens with zero attached hydrogens (tertiary/aromatic N) is 3. The first-order valence-corrected chi connectivity index (χ1v) is 17.1. The minimum absolute atomic E-state index is 0.128. The minimum atomic E-state index is -4.56. The number of imidazole rings is 1. The van der Waals surface area contributed by atoms with Gasteiger partial charge in [0.2, 0.25) is 5.79 Å². The van der Waals surface area contributed by atoms with Gasteiger partial charge in [-0.15, -0.1) is 0 Å². The zero-order valence-corrected chi connectivity index (χ0v) is 27.3. The maximum atomic E-state index is 11.0. The van der Waals surface area contributed by atoms with E-state index in [4.69, 9.17) is 47.2 Å². The summed E-state index contributed by atoms with van der Waals surface area (Å²) in [5, 5.41) is 1.01. The minimum Gasteiger partial charge on any atom is -0.491 e. The van der Waals surface area contributed by atoms with Gasteiger partial charge in [-0.05, 0) is 59.5 Å². The molecule has 242 valence electrons. The molecule has 0 saturated carbocycles. The first-order valence-electron chi connectivity index (χ1n) is 14.9. The van der Waals surface area contributed by atoms with Crippen molar-refractivity contribution in [3.8, 4) is 11.5 Å². The number of benzene rings is 3. The smallest absolute Gasteiger partial charge is 0.491 e. The van der Waals surface area contributed by atoms with Crippen molar-refractivity contribution in [2.45, 2.75) is 37.8 Å². The molecule has 6 rings (SSSR count). The highest BCUT2D eigenvalue weighted by molar-refractivity contribution is 7.46. The van der Waals surface area contributed by atoms with Crippen molar-refractivity contribution >= 4 is 37.1 Å². The standard InChI is InChI=1S/C33H34Cl2N3O7P/c34-27-6-10-31(32(35)19-27)33(22-38-16-13-36-23-38)43-17-12-30(44-33)21-42-29-9-5-26-20-37(15-11-25(26)18-29)14-1-2-24-3-7-28(8-4-24)45-46(39,40)41/h1-10,13,16,18-19,23,30H,11-12,14-15,17,20-22H2,(H2,39,40,41)/t30-,33+/m0/s1. The Morgan fingerprint density at radius 3 is 2.65 bits per heavy atom. The van der Waals surface area contributed by atoms with Crippen molar-refractivity contribution in [3.63, 3.8) is 0 Å². The van der Waals surface area contributed by atoms with Gasteiger partial charge in [-0.3, -0.25) is 14.7 Å². The van der Waals surface area contributed by atoms with Crippen LogP contribution < -0.4 is 9.26 Å². The molecule has 10 nitrogen and oxygen atoms in total. The molecular formula is C33H34Cl2N3O7P. The number of phosphoric acid groups is 1. The van der Waals surface area contributed by atoms with Crippen molar-refractivity contribution < 1.29 is 33.1 Å². The van der Waals surface area contributed by atoms with Gasteiger partial charge in [0, 0.05) is 49.0 Å². The van der Waals surface area contributed by atoms with Crippen LogP contribution in [0.25, 0.3) is 6.08 Å². The number of fused-ring (bicyclic) bond motifs is 1. The first-order chi connectivity index (χ1) is 22.1. The van der Waals surface area contributed by atoms with Crippen LogP contribution in [0.15, 0.2) is 85.5 Å². The molecule has 0 amide bonds. The van der Waals surface area contributed by atoms with Gasteiger partial charge in [0.25, 0.3) is 0 Å². The lowest BCUT2D eigenvalue weighted by Gasteiger charge is -2.41. The van der Waals surface area contributed by atoms with E-state index in [9.17, 15) is 4.57 Å². The van der Waals surface area contributed by atoms with Gasteiger partial charge in [0.15, 0.2) is 0 Å². The Labute approximate surface area is 277 Å². The molecule has 0 aliphatic carbocycles. The van der Waals surface area contributed by atoms with Gasteiger partial charge in [0.1, 0.15) is 18.1 Å². The summed E-state index contributed by atoms with van der Waals surface area (Å²) < 4.78 is 36.7. The molecule has 1 saturated heterocycles. The van der Waals surface area contributed by atoms with Crippen LogP contribution in [0.1, 0.15) is 28.7 Å². The SMILES string of the molecule is O=P(O)(O)Oc1ccc(C=CCN2CCc3cc(OC[C@@H]4CCO[C@@](Cn5ccnc5)(c5ccc(Cl)cc5Cl)O4)ccc3C2)cc1. The third-order valence-corrected chi connectivity index (χ3v) is 8.90. The molecular weight excluding hydrogens is 652 g/mol. The van der Waals surface area contributed by atoms with Crippen molar-refractivity contribution in [2.75, 3.05) is 26.3 Å². The second kappa shape index (κ2) is 14.3. The molecule has 3 aromatic carbocycles. The molecule has 1 aromatic heterocycles. The average molecular weight is 687 g/mol. The highest BCUT2D eigenvalue weighted by Crippen LogP contribution is 2.40. The molecule has 3 heterocycles. The number of aromatic nitrogens is 2. The molecule has 2 atom stereocenters. The van der Waals surface area contributed by atoms with Gasteiger partial charge in [-0.1, -0.05) is 59.6 Å². The van der Waals surface area contributed by atoms with Crippen LogP contribution in [0.4, 0.5) is 0 Å². The number of phosphoric ester groups is 1. The molecule has 13 heteroatoms. The summed E-state index contributed by atoms with van der Waals surface area (Å²) in [6.45, 7) is 3.73. The van der Waals surface area contributed by atoms with E-state index < -0.39 is 13.6 Å². The zero-order valence-electron chi connectivity index (χ0n) is 24.9. The molecule has 2 aliphatic rings. The van der Waals surface area contributed by atoms with Crippen molar-refractivity contribution in [1.82, 2.24) is 14.5 Å². The van der Waals surface area contributed by atoms with Crippen LogP contribution >= 0.6 is 31.0 Å². The number of hydrogen-bond acceptors (Lipinski definition) is 7. The fraction of sp³-hybridized carbons (Fsp3) is 0.303. The third kappa shape index (κ3) is 8.39. The third-order valence-electron chi connectivity index (χ3n) is 7.91. The summed E-state index contributed by atoms with van der Waals surface area (Å²) >= 11 is 12.8. The average Bonchev–Trinajstić information content (AvgIpc) is 3.53. The molecule has 46 heavy (non-hydrogen) atoms. The predicted molar refractivity (Wildman–Crippen MR) is 175 cm³/mol. The molecule has 0 radical (unpaired) electrons. The van der Waals surface area contributed by atoms with Crippen LogP contribution in [0, 0.1) is 0 Å². The number of rotatable bonds is 11. The maximum Gasteiger partial charge on any atom is 0.524 e. The summed E-state index contributed by atoms with van der Waals surface area (Å²) in [7, 11) is -4.56. The van der Waals surface area contributed by atoms with Crippen LogP contribution in [-0.2, 0) is 39.3 Å². The van der Waals surface area contributed by atoms with Crippen molar-refractivity contribution in [1.29, 1.82) is 0 Å². The van der Waals surface area contributed by atoms with Gasteiger partial charge < -0.3 is 23.3 Å². The molecule has 1 fully saturated rings. The molecule has 0 spiro atoms. The van der Waals surface area contributed by atoms with E-state index >= 15 is 0 Å². The van der Waals surface area contributed by atoms with E-state index in [1.807, 2.05) is 29.0 Å². The molecule has 2 aliphatic heterocycles. The van der Waals surface area contributed by atoms with Crippen LogP contribution in [0.5, 0.6) is 11.5 Å². The van der Waals surface area contributed by atoms with Gasteiger partial charge in [-0.2, -0.15) is 0 Å². The first kappa shape index (κ1) is 32.7. The molecule has 4 aromatic rings. The monoisotopic (exact) mass is 685 g/mol. The summed E-state index contributed by atoms with van der Waals surface area (Å²) in [6, 6.07) is 18.2. The van der Waals surface area contributed by atoms with Gasteiger partial charge in [-0.25, -0.2) is 9.55 Å².